The number of nitrogens with two attached hydrogens (primary N) is 1. The van der Waals surface area contributed by atoms with Crippen LogP contribution in [0.25, 0.3) is 0 Å². The number of nitrogens with zero attached hydrogens (tertiary/aromatic N) is 3. The smallest absolute Gasteiger partial charge is 0.251 e. The van der Waals surface area contributed by atoms with Gasteiger partial charge in [-0.15, -0.1) is 0 Å². The Balaban J connectivity index is 2.03. The van der Waals surface area contributed by atoms with Crippen molar-refractivity contribution < 1.29 is 4.79 Å². The van der Waals surface area contributed by atoms with E-state index < -0.39 is 0 Å². The number of pyridine rings is 1. The van der Waals surface area contributed by atoms with Gasteiger partial charge in [0, 0.05) is 37.1 Å². The van der Waals surface area contributed by atoms with E-state index in [1.807, 2.05) is 0 Å². The average molecular weight is 292 g/mol. The molecule has 21 heavy (non-hydrogen) atoms. The maximum atomic E-state index is 12.3. The maximum absolute atomic E-state index is 12.3. The Morgan fingerprint density at radius 1 is 1.33 bits per heavy atom. The summed E-state index contributed by atoms with van der Waals surface area (Å²) in [7, 11) is 5.91. The zero-order valence-corrected chi connectivity index (χ0v) is 13.0. The molecule has 1 amide bonds. The molecular formula is C15H24N4O2. The van der Waals surface area contributed by atoms with E-state index in [-0.39, 0.29) is 23.6 Å². The first kappa shape index (κ1) is 15.6. The zero-order chi connectivity index (χ0) is 15.6. The summed E-state index contributed by atoms with van der Waals surface area (Å²) in [5.74, 6) is -0.0733. The molecule has 0 spiro atoms. The van der Waals surface area contributed by atoms with Crippen molar-refractivity contribution in [1.82, 2.24) is 14.4 Å². The van der Waals surface area contributed by atoms with Crippen molar-refractivity contribution in [3.63, 3.8) is 0 Å². The molecule has 1 aliphatic rings. The molecule has 1 saturated carbocycles. The third-order valence-corrected chi connectivity index (χ3v) is 4.50. The quantitative estimate of drug-likeness (QED) is 0.851. The predicted molar refractivity (Wildman–Crippen MR) is 83.0 cm³/mol. The number of likely N-dealkylation sites (N-methyl/N-ethyl adjacent to an activating group) is 2. The van der Waals surface area contributed by atoms with Crippen molar-refractivity contribution in [1.29, 1.82) is 0 Å². The molecule has 116 valence electrons. The molecule has 0 bridgehead atoms. The van der Waals surface area contributed by atoms with Gasteiger partial charge in [-0.2, -0.15) is 0 Å². The second kappa shape index (κ2) is 5.89. The third-order valence-electron chi connectivity index (χ3n) is 4.50. The van der Waals surface area contributed by atoms with Crippen molar-refractivity contribution in [3.8, 4) is 0 Å². The Bertz CT molecular complexity index is 575. The molecule has 0 aliphatic heterocycles. The summed E-state index contributed by atoms with van der Waals surface area (Å²) in [4.78, 5) is 28.0. The number of aromatic nitrogens is 1. The van der Waals surface area contributed by atoms with E-state index in [0.717, 1.165) is 12.8 Å². The third kappa shape index (κ3) is 3.26. The maximum Gasteiger partial charge on any atom is 0.251 e. The molecule has 6 heteroatoms. The van der Waals surface area contributed by atoms with Crippen LogP contribution in [0.5, 0.6) is 0 Å². The number of amides is 1. The lowest BCUT2D eigenvalue weighted by Gasteiger charge is -2.49. The van der Waals surface area contributed by atoms with Gasteiger partial charge in [-0.3, -0.25) is 9.59 Å². The standard InChI is InChI=1S/C15H24N4O2/c1-17(2)15(7-4-8-15)11-18(3)14(21)10-19-9-12(16)5-6-13(19)20/h5-6,9H,4,7-8,10-11,16H2,1-3H3. The number of hydrogen-bond acceptors (Lipinski definition) is 4. The number of nitrogen functional groups attached to an aromatic ring is 1. The fourth-order valence-electron chi connectivity index (χ4n) is 2.80. The second-order valence-electron chi connectivity index (χ2n) is 6.15. The molecule has 1 fully saturated rings. The lowest BCUT2D eigenvalue weighted by atomic mass is 9.75. The SMILES string of the molecule is CN(CC1(N(C)C)CCC1)C(=O)Cn1cc(N)ccc1=O. The first-order valence-electron chi connectivity index (χ1n) is 7.21. The molecule has 1 aliphatic carbocycles. The first-order chi connectivity index (χ1) is 9.84. The van der Waals surface area contributed by atoms with Crippen LogP contribution in [-0.4, -0.2) is 53.5 Å². The summed E-state index contributed by atoms with van der Waals surface area (Å²) in [5.41, 5.74) is 6.02. The van der Waals surface area contributed by atoms with Crippen LogP contribution in [0.2, 0.25) is 0 Å². The van der Waals surface area contributed by atoms with Gasteiger partial charge in [0.15, 0.2) is 0 Å². The van der Waals surface area contributed by atoms with Gasteiger partial charge in [-0.25, -0.2) is 0 Å². The van der Waals surface area contributed by atoms with Crippen LogP contribution in [-0.2, 0) is 11.3 Å². The summed E-state index contributed by atoms with van der Waals surface area (Å²) >= 11 is 0. The number of anilines is 1. The Morgan fingerprint density at radius 2 is 2.00 bits per heavy atom. The minimum Gasteiger partial charge on any atom is -0.398 e. The fourth-order valence-corrected chi connectivity index (χ4v) is 2.80. The molecule has 0 radical (unpaired) electrons. The Kier molecular flexibility index (Phi) is 4.37. The van der Waals surface area contributed by atoms with Crippen molar-refractivity contribution in [2.24, 2.45) is 0 Å². The Morgan fingerprint density at radius 3 is 2.52 bits per heavy atom. The molecule has 0 unspecified atom stereocenters. The van der Waals surface area contributed by atoms with E-state index in [2.05, 4.69) is 19.0 Å². The molecule has 2 rings (SSSR count). The van der Waals surface area contributed by atoms with Crippen molar-refractivity contribution >= 4 is 11.6 Å². The van der Waals surface area contributed by atoms with Gasteiger partial charge in [0.1, 0.15) is 6.54 Å². The highest BCUT2D eigenvalue weighted by Gasteiger charge is 2.40. The predicted octanol–water partition coefficient (Wildman–Crippen LogP) is 0.373. The lowest BCUT2D eigenvalue weighted by molar-refractivity contribution is -0.133. The van der Waals surface area contributed by atoms with Crippen LogP contribution < -0.4 is 11.3 Å². The largest absolute Gasteiger partial charge is 0.398 e. The lowest BCUT2D eigenvalue weighted by Crippen LogP contribution is -2.57. The van der Waals surface area contributed by atoms with Crippen molar-refractivity contribution in [2.75, 3.05) is 33.4 Å². The van der Waals surface area contributed by atoms with Crippen LogP contribution in [0.15, 0.2) is 23.1 Å². The monoisotopic (exact) mass is 292 g/mol. The minimum absolute atomic E-state index is 0.0316. The number of carbonyl (C=O) groups is 1. The molecule has 1 aromatic heterocycles. The normalized spacial score (nSPS) is 16.6. The Labute approximate surface area is 125 Å². The van der Waals surface area contributed by atoms with Crippen LogP contribution in [0.3, 0.4) is 0 Å². The molecular weight excluding hydrogens is 268 g/mol. The fraction of sp³-hybridized carbons (Fsp3) is 0.600. The highest BCUT2D eigenvalue weighted by Crippen LogP contribution is 2.36. The summed E-state index contributed by atoms with van der Waals surface area (Å²) in [6, 6.07) is 2.93. The summed E-state index contributed by atoms with van der Waals surface area (Å²) in [5, 5.41) is 0. The first-order valence-corrected chi connectivity index (χ1v) is 7.21. The molecule has 1 aromatic rings. The van der Waals surface area contributed by atoms with Gasteiger partial charge < -0.3 is 20.1 Å². The summed E-state index contributed by atoms with van der Waals surface area (Å²) < 4.78 is 1.36. The van der Waals surface area contributed by atoms with Crippen molar-refractivity contribution in [3.05, 3.63) is 28.7 Å². The summed E-state index contributed by atoms with van der Waals surface area (Å²) in [6.45, 7) is 0.722. The minimum atomic E-state index is -0.211. The van der Waals surface area contributed by atoms with Crippen LogP contribution in [0.1, 0.15) is 19.3 Å². The van der Waals surface area contributed by atoms with Gasteiger partial charge >= 0.3 is 0 Å². The molecule has 0 atom stereocenters. The van der Waals surface area contributed by atoms with E-state index in [1.165, 1.54) is 23.3 Å². The van der Waals surface area contributed by atoms with Crippen LogP contribution in [0.4, 0.5) is 5.69 Å². The second-order valence-corrected chi connectivity index (χ2v) is 6.15. The molecule has 0 saturated heterocycles. The zero-order valence-electron chi connectivity index (χ0n) is 13.0. The van der Waals surface area contributed by atoms with Crippen LogP contribution >= 0.6 is 0 Å². The van der Waals surface area contributed by atoms with Gasteiger partial charge in [-0.05, 0) is 39.4 Å². The van der Waals surface area contributed by atoms with E-state index in [4.69, 9.17) is 5.73 Å². The van der Waals surface area contributed by atoms with E-state index in [0.29, 0.717) is 12.2 Å². The Hall–Kier alpha value is -1.82. The van der Waals surface area contributed by atoms with Gasteiger partial charge in [0.05, 0.1) is 0 Å². The van der Waals surface area contributed by atoms with Gasteiger partial charge in [0.2, 0.25) is 5.91 Å². The molecule has 0 aromatic carbocycles. The van der Waals surface area contributed by atoms with Crippen LogP contribution in [0, 0.1) is 0 Å². The summed E-state index contributed by atoms with van der Waals surface area (Å²) in [6.07, 6.45) is 4.93. The van der Waals surface area contributed by atoms with E-state index >= 15 is 0 Å². The molecule has 1 heterocycles. The van der Waals surface area contributed by atoms with E-state index in [1.54, 1.807) is 18.0 Å². The van der Waals surface area contributed by atoms with Gasteiger partial charge in [0.25, 0.3) is 5.56 Å². The highest BCUT2D eigenvalue weighted by molar-refractivity contribution is 5.75. The van der Waals surface area contributed by atoms with Crippen molar-refractivity contribution in [2.45, 2.75) is 31.3 Å². The topological polar surface area (TPSA) is 71.6 Å². The number of hydrogen-bond donors (Lipinski definition) is 1. The number of carbonyl (C=O) groups excluding carboxylic acids is 1. The highest BCUT2D eigenvalue weighted by atomic mass is 16.2. The van der Waals surface area contributed by atoms with Gasteiger partial charge in [-0.1, -0.05) is 0 Å². The molecule has 2 N–H and O–H groups in total. The number of rotatable bonds is 5. The average Bonchev–Trinajstić information content (AvgIpc) is 2.37. The van der Waals surface area contributed by atoms with E-state index in [9.17, 15) is 9.59 Å². The molecule has 6 nitrogen and oxygen atoms in total.